The highest BCUT2D eigenvalue weighted by Gasteiger charge is 2.13. The molecule has 2 aromatic carbocycles. The number of rotatable bonds is 11. The Morgan fingerprint density at radius 2 is 1.70 bits per heavy atom. The Labute approximate surface area is 195 Å². The minimum Gasteiger partial charge on any atom is -0.497 e. The first kappa shape index (κ1) is 24.0. The lowest BCUT2D eigenvalue weighted by Gasteiger charge is -2.22. The van der Waals surface area contributed by atoms with Gasteiger partial charge in [0.2, 0.25) is 5.91 Å². The van der Waals surface area contributed by atoms with Gasteiger partial charge in [-0.05, 0) is 66.1 Å². The van der Waals surface area contributed by atoms with Gasteiger partial charge in [0.25, 0.3) is 0 Å². The number of ether oxygens (including phenoxy) is 3. The lowest BCUT2D eigenvalue weighted by atomic mass is 10.1. The summed E-state index contributed by atoms with van der Waals surface area (Å²) >= 11 is 0. The van der Waals surface area contributed by atoms with E-state index in [1.807, 2.05) is 73.7 Å². The Hall–Kier alpha value is -3.64. The Kier molecular flexibility index (Phi) is 9.03. The van der Waals surface area contributed by atoms with Gasteiger partial charge in [-0.3, -0.25) is 9.78 Å². The maximum atomic E-state index is 13.1. The summed E-state index contributed by atoms with van der Waals surface area (Å²) in [4.78, 5) is 19.0. The van der Waals surface area contributed by atoms with E-state index in [0.717, 1.165) is 28.2 Å². The van der Waals surface area contributed by atoms with Crippen LogP contribution in [-0.2, 0) is 22.6 Å². The quantitative estimate of drug-likeness (QED) is 0.398. The number of nitrogens with zero attached hydrogens (tertiary/aromatic N) is 2. The van der Waals surface area contributed by atoms with E-state index in [4.69, 9.17) is 14.2 Å². The van der Waals surface area contributed by atoms with Crippen LogP contribution in [0.5, 0.6) is 11.5 Å². The molecule has 0 aliphatic heterocycles. The SMILES string of the molecule is COCC(C)Oc1cccc(CN(Cc2ccncc2)C(=O)/C=C/c2ccc(OC)cc2)c1. The molecule has 0 aliphatic carbocycles. The number of aromatic nitrogens is 1. The molecule has 6 heteroatoms. The molecule has 1 aromatic heterocycles. The average molecular weight is 447 g/mol. The van der Waals surface area contributed by atoms with Gasteiger partial charge in [-0.25, -0.2) is 0 Å². The van der Waals surface area contributed by atoms with Gasteiger partial charge in [-0.2, -0.15) is 0 Å². The molecule has 6 nitrogen and oxygen atoms in total. The van der Waals surface area contributed by atoms with Gasteiger partial charge >= 0.3 is 0 Å². The summed E-state index contributed by atoms with van der Waals surface area (Å²) in [6, 6.07) is 19.2. The van der Waals surface area contributed by atoms with Crippen LogP contribution in [0.15, 0.2) is 79.1 Å². The Bertz CT molecular complexity index is 1040. The van der Waals surface area contributed by atoms with Crippen molar-refractivity contribution in [1.29, 1.82) is 0 Å². The van der Waals surface area contributed by atoms with Crippen LogP contribution >= 0.6 is 0 Å². The molecule has 0 saturated heterocycles. The third kappa shape index (κ3) is 7.77. The number of carbonyl (C=O) groups is 1. The van der Waals surface area contributed by atoms with Gasteiger partial charge in [0.05, 0.1) is 13.7 Å². The Morgan fingerprint density at radius 3 is 2.39 bits per heavy atom. The number of hydrogen-bond acceptors (Lipinski definition) is 5. The molecular formula is C27H30N2O4. The third-order valence-corrected chi connectivity index (χ3v) is 4.98. The second kappa shape index (κ2) is 12.4. The highest BCUT2D eigenvalue weighted by molar-refractivity contribution is 5.91. The molecule has 1 heterocycles. The molecule has 0 bridgehead atoms. The van der Waals surface area contributed by atoms with Crippen molar-refractivity contribution in [2.75, 3.05) is 20.8 Å². The van der Waals surface area contributed by atoms with E-state index in [0.29, 0.717) is 19.7 Å². The lowest BCUT2D eigenvalue weighted by molar-refractivity contribution is -0.127. The van der Waals surface area contributed by atoms with Crippen LogP contribution in [0.25, 0.3) is 6.08 Å². The van der Waals surface area contributed by atoms with Crippen molar-refractivity contribution in [1.82, 2.24) is 9.88 Å². The van der Waals surface area contributed by atoms with Gasteiger partial charge < -0.3 is 19.1 Å². The molecule has 3 rings (SSSR count). The van der Waals surface area contributed by atoms with Crippen molar-refractivity contribution in [2.45, 2.75) is 26.1 Å². The van der Waals surface area contributed by atoms with Crippen LogP contribution in [-0.4, -0.2) is 42.7 Å². The van der Waals surface area contributed by atoms with Gasteiger partial charge in [0, 0.05) is 38.7 Å². The first-order valence-corrected chi connectivity index (χ1v) is 10.8. The third-order valence-electron chi connectivity index (χ3n) is 4.98. The number of carbonyl (C=O) groups excluding carboxylic acids is 1. The van der Waals surface area contributed by atoms with Crippen LogP contribution < -0.4 is 9.47 Å². The molecule has 0 saturated carbocycles. The molecule has 33 heavy (non-hydrogen) atoms. The standard InChI is InChI=1S/C27H30N2O4/c1-21(20-31-2)33-26-6-4-5-24(17-26)19-29(18-23-13-15-28-16-14-23)27(30)12-9-22-7-10-25(32-3)11-8-22/h4-17,21H,18-20H2,1-3H3/b12-9+. The fourth-order valence-electron chi connectivity index (χ4n) is 3.35. The summed E-state index contributed by atoms with van der Waals surface area (Å²) in [5, 5.41) is 0. The van der Waals surface area contributed by atoms with E-state index in [-0.39, 0.29) is 12.0 Å². The summed E-state index contributed by atoms with van der Waals surface area (Å²) in [7, 11) is 3.28. The number of benzene rings is 2. The number of pyridine rings is 1. The largest absolute Gasteiger partial charge is 0.497 e. The van der Waals surface area contributed by atoms with Gasteiger partial charge in [-0.15, -0.1) is 0 Å². The zero-order valence-corrected chi connectivity index (χ0v) is 19.3. The number of hydrogen-bond donors (Lipinski definition) is 0. The molecule has 0 fully saturated rings. The van der Waals surface area contributed by atoms with E-state index in [1.54, 1.807) is 37.6 Å². The molecule has 1 amide bonds. The predicted octanol–water partition coefficient (Wildman–Crippen LogP) is 4.75. The fourth-order valence-corrected chi connectivity index (χ4v) is 3.35. The van der Waals surface area contributed by atoms with Crippen LogP contribution in [0.3, 0.4) is 0 Å². The van der Waals surface area contributed by atoms with E-state index < -0.39 is 0 Å². The maximum absolute atomic E-state index is 13.1. The van der Waals surface area contributed by atoms with E-state index in [1.165, 1.54) is 0 Å². The molecular weight excluding hydrogens is 416 g/mol. The summed E-state index contributed by atoms with van der Waals surface area (Å²) in [6.07, 6.45) is 6.82. The smallest absolute Gasteiger partial charge is 0.247 e. The average Bonchev–Trinajstić information content (AvgIpc) is 2.83. The minimum absolute atomic E-state index is 0.0627. The molecule has 172 valence electrons. The Morgan fingerprint density at radius 1 is 0.970 bits per heavy atom. The predicted molar refractivity (Wildman–Crippen MR) is 129 cm³/mol. The molecule has 0 N–H and O–H groups in total. The van der Waals surface area contributed by atoms with Crippen LogP contribution in [0.1, 0.15) is 23.6 Å². The number of amides is 1. The Balaban J connectivity index is 1.76. The monoisotopic (exact) mass is 446 g/mol. The molecule has 1 unspecified atom stereocenters. The minimum atomic E-state index is -0.0818. The maximum Gasteiger partial charge on any atom is 0.247 e. The topological polar surface area (TPSA) is 60.9 Å². The normalized spacial score (nSPS) is 11.8. The van der Waals surface area contributed by atoms with Crippen molar-refractivity contribution in [2.24, 2.45) is 0 Å². The van der Waals surface area contributed by atoms with Crippen LogP contribution in [0, 0.1) is 0 Å². The van der Waals surface area contributed by atoms with E-state index in [9.17, 15) is 4.79 Å². The van der Waals surface area contributed by atoms with Crippen molar-refractivity contribution < 1.29 is 19.0 Å². The van der Waals surface area contributed by atoms with Gasteiger partial charge in [-0.1, -0.05) is 24.3 Å². The van der Waals surface area contributed by atoms with Crippen LogP contribution in [0.4, 0.5) is 0 Å². The van der Waals surface area contributed by atoms with E-state index >= 15 is 0 Å². The van der Waals surface area contributed by atoms with Crippen molar-refractivity contribution in [3.05, 3.63) is 95.8 Å². The molecule has 0 radical (unpaired) electrons. The fraction of sp³-hybridized carbons (Fsp3) is 0.259. The summed E-state index contributed by atoms with van der Waals surface area (Å²) in [5.41, 5.74) is 2.92. The summed E-state index contributed by atoms with van der Waals surface area (Å²) < 4.78 is 16.3. The molecule has 0 spiro atoms. The first-order chi connectivity index (χ1) is 16.1. The summed E-state index contributed by atoms with van der Waals surface area (Å²) in [6.45, 7) is 3.38. The van der Waals surface area contributed by atoms with Gasteiger partial charge in [0.15, 0.2) is 0 Å². The highest BCUT2D eigenvalue weighted by atomic mass is 16.5. The van der Waals surface area contributed by atoms with E-state index in [2.05, 4.69) is 4.98 Å². The van der Waals surface area contributed by atoms with Gasteiger partial charge in [0.1, 0.15) is 17.6 Å². The van der Waals surface area contributed by atoms with Crippen LogP contribution in [0.2, 0.25) is 0 Å². The van der Waals surface area contributed by atoms with Crippen molar-refractivity contribution in [3.63, 3.8) is 0 Å². The first-order valence-electron chi connectivity index (χ1n) is 10.8. The molecule has 1 atom stereocenters. The highest BCUT2D eigenvalue weighted by Crippen LogP contribution is 2.19. The zero-order chi connectivity index (χ0) is 23.5. The summed E-state index contributed by atoms with van der Waals surface area (Å²) in [5.74, 6) is 1.45. The lowest BCUT2D eigenvalue weighted by Crippen LogP contribution is -2.28. The van der Waals surface area contributed by atoms with Crippen molar-refractivity contribution >= 4 is 12.0 Å². The van der Waals surface area contributed by atoms with Crippen molar-refractivity contribution in [3.8, 4) is 11.5 Å². The second-order valence-corrected chi connectivity index (χ2v) is 7.69. The molecule has 0 aliphatic rings. The number of methoxy groups -OCH3 is 2. The zero-order valence-electron chi connectivity index (χ0n) is 19.3. The molecule has 3 aromatic rings. The second-order valence-electron chi connectivity index (χ2n) is 7.69.